The molecule has 1 rings (SSSR count). The quantitative estimate of drug-likeness (QED) is 0.807. The van der Waals surface area contributed by atoms with E-state index in [-0.39, 0.29) is 18.0 Å². The van der Waals surface area contributed by atoms with Gasteiger partial charge in [-0.2, -0.15) is 0 Å². The highest BCUT2D eigenvalue weighted by molar-refractivity contribution is 5.66. The first-order chi connectivity index (χ1) is 8.52. The number of halogens is 1. The maximum Gasteiger partial charge on any atom is 0.304 e. The summed E-state index contributed by atoms with van der Waals surface area (Å²) in [6, 6.07) is 4.86. The summed E-state index contributed by atoms with van der Waals surface area (Å²) >= 11 is 0. The molecule has 0 aliphatic heterocycles. The van der Waals surface area contributed by atoms with Gasteiger partial charge in [-0.15, -0.1) is 0 Å². The van der Waals surface area contributed by atoms with E-state index >= 15 is 0 Å². The Kier molecular flexibility index (Phi) is 5.58. The number of aliphatic carboxylic acids is 1. The summed E-state index contributed by atoms with van der Waals surface area (Å²) in [7, 11) is 3.28. The van der Waals surface area contributed by atoms with Crippen LogP contribution in [0.1, 0.15) is 12.0 Å². The van der Waals surface area contributed by atoms with E-state index in [2.05, 4.69) is 0 Å². The predicted octanol–water partition coefficient (Wildman–Crippen LogP) is 1.78. The van der Waals surface area contributed by atoms with E-state index in [1.54, 1.807) is 6.07 Å². The van der Waals surface area contributed by atoms with E-state index < -0.39 is 5.97 Å². The van der Waals surface area contributed by atoms with Gasteiger partial charge in [0.1, 0.15) is 0 Å². The highest BCUT2D eigenvalue weighted by Crippen LogP contribution is 2.17. The monoisotopic (exact) mass is 255 g/mol. The summed E-state index contributed by atoms with van der Waals surface area (Å²) in [5, 5.41) is 8.55. The lowest BCUT2D eigenvalue weighted by atomic mass is 10.1. The van der Waals surface area contributed by atoms with Crippen LogP contribution in [-0.2, 0) is 11.2 Å². The Bertz CT molecular complexity index is 409. The first kappa shape index (κ1) is 14.4. The van der Waals surface area contributed by atoms with Gasteiger partial charge in [0, 0.05) is 13.1 Å². The van der Waals surface area contributed by atoms with Crippen LogP contribution in [0.25, 0.3) is 0 Å². The van der Waals surface area contributed by atoms with Crippen LogP contribution in [0.5, 0.6) is 5.75 Å². The zero-order valence-electron chi connectivity index (χ0n) is 10.6. The van der Waals surface area contributed by atoms with Crippen molar-refractivity contribution in [3.63, 3.8) is 0 Å². The molecule has 0 amide bonds. The van der Waals surface area contributed by atoms with Crippen LogP contribution in [0.4, 0.5) is 4.39 Å². The smallest absolute Gasteiger partial charge is 0.304 e. The third kappa shape index (κ3) is 4.71. The SMILES string of the molecule is COc1ccc(CCN(C)CCC(=O)O)cc1F. The fraction of sp³-hybridized carbons (Fsp3) is 0.462. The number of benzene rings is 1. The minimum Gasteiger partial charge on any atom is -0.494 e. The average Bonchev–Trinajstić information content (AvgIpc) is 2.34. The Labute approximate surface area is 106 Å². The molecule has 0 fully saturated rings. The molecule has 0 heterocycles. The van der Waals surface area contributed by atoms with Gasteiger partial charge < -0.3 is 14.7 Å². The Hall–Kier alpha value is -1.62. The second kappa shape index (κ2) is 6.96. The fourth-order valence-corrected chi connectivity index (χ4v) is 1.58. The van der Waals surface area contributed by atoms with Crippen molar-refractivity contribution >= 4 is 5.97 Å². The molecule has 18 heavy (non-hydrogen) atoms. The Balaban J connectivity index is 2.43. The molecule has 100 valence electrons. The Morgan fingerprint density at radius 1 is 1.44 bits per heavy atom. The van der Waals surface area contributed by atoms with Crippen molar-refractivity contribution in [1.82, 2.24) is 4.90 Å². The molecule has 0 unspecified atom stereocenters. The van der Waals surface area contributed by atoms with Gasteiger partial charge in [0.15, 0.2) is 11.6 Å². The van der Waals surface area contributed by atoms with Gasteiger partial charge in [0.25, 0.3) is 0 Å². The predicted molar refractivity (Wildman–Crippen MR) is 66.4 cm³/mol. The highest BCUT2D eigenvalue weighted by atomic mass is 19.1. The lowest BCUT2D eigenvalue weighted by molar-refractivity contribution is -0.137. The van der Waals surface area contributed by atoms with E-state index in [1.165, 1.54) is 13.2 Å². The van der Waals surface area contributed by atoms with E-state index in [0.29, 0.717) is 19.5 Å². The van der Waals surface area contributed by atoms with Crippen molar-refractivity contribution in [1.29, 1.82) is 0 Å². The number of ether oxygens (including phenoxy) is 1. The molecular formula is C13H18FNO3. The molecule has 0 bridgehead atoms. The van der Waals surface area contributed by atoms with Crippen molar-refractivity contribution in [2.75, 3.05) is 27.2 Å². The zero-order chi connectivity index (χ0) is 13.5. The third-order valence-corrected chi connectivity index (χ3v) is 2.71. The van der Waals surface area contributed by atoms with Gasteiger partial charge in [-0.3, -0.25) is 4.79 Å². The molecule has 5 heteroatoms. The first-order valence-corrected chi connectivity index (χ1v) is 5.75. The molecule has 1 aromatic carbocycles. The van der Waals surface area contributed by atoms with Gasteiger partial charge in [-0.05, 0) is 31.2 Å². The number of carboxylic acids is 1. The normalized spacial score (nSPS) is 10.7. The van der Waals surface area contributed by atoms with E-state index in [0.717, 1.165) is 5.56 Å². The molecule has 0 aliphatic rings. The van der Waals surface area contributed by atoms with Gasteiger partial charge in [0.2, 0.25) is 0 Å². The summed E-state index contributed by atoms with van der Waals surface area (Å²) in [5.74, 6) is -0.946. The molecule has 1 aromatic rings. The van der Waals surface area contributed by atoms with Crippen LogP contribution in [0.2, 0.25) is 0 Å². The van der Waals surface area contributed by atoms with Crippen LogP contribution in [-0.4, -0.2) is 43.2 Å². The van der Waals surface area contributed by atoms with E-state index in [9.17, 15) is 9.18 Å². The topological polar surface area (TPSA) is 49.8 Å². The molecule has 0 saturated carbocycles. The molecule has 0 radical (unpaired) electrons. The largest absolute Gasteiger partial charge is 0.494 e. The lowest BCUT2D eigenvalue weighted by Crippen LogP contribution is -2.24. The van der Waals surface area contributed by atoms with Gasteiger partial charge >= 0.3 is 5.97 Å². The molecule has 0 saturated heterocycles. The van der Waals surface area contributed by atoms with Gasteiger partial charge in [-0.25, -0.2) is 4.39 Å². The molecule has 0 aromatic heterocycles. The molecule has 4 nitrogen and oxygen atoms in total. The third-order valence-electron chi connectivity index (χ3n) is 2.71. The van der Waals surface area contributed by atoms with Crippen molar-refractivity contribution in [2.24, 2.45) is 0 Å². The van der Waals surface area contributed by atoms with E-state index in [1.807, 2.05) is 18.0 Å². The summed E-state index contributed by atoms with van der Waals surface area (Å²) in [4.78, 5) is 12.3. The van der Waals surface area contributed by atoms with Crippen LogP contribution in [0, 0.1) is 5.82 Å². The molecule has 0 aliphatic carbocycles. The van der Waals surface area contributed by atoms with Crippen molar-refractivity contribution in [3.05, 3.63) is 29.6 Å². The highest BCUT2D eigenvalue weighted by Gasteiger charge is 2.06. The van der Waals surface area contributed by atoms with Crippen LogP contribution >= 0.6 is 0 Å². The number of hydrogen-bond donors (Lipinski definition) is 1. The van der Waals surface area contributed by atoms with Crippen LogP contribution in [0.15, 0.2) is 18.2 Å². The zero-order valence-corrected chi connectivity index (χ0v) is 10.6. The number of methoxy groups -OCH3 is 1. The van der Waals surface area contributed by atoms with Crippen molar-refractivity contribution in [3.8, 4) is 5.75 Å². The molecular weight excluding hydrogens is 237 g/mol. The second-order valence-corrected chi connectivity index (χ2v) is 4.17. The van der Waals surface area contributed by atoms with Crippen LogP contribution in [0.3, 0.4) is 0 Å². The summed E-state index contributed by atoms with van der Waals surface area (Å²) in [6.07, 6.45) is 0.796. The fourth-order valence-electron chi connectivity index (χ4n) is 1.58. The first-order valence-electron chi connectivity index (χ1n) is 5.75. The van der Waals surface area contributed by atoms with Crippen molar-refractivity contribution < 1.29 is 19.0 Å². The molecule has 0 spiro atoms. The molecule has 1 N–H and O–H groups in total. The number of nitrogens with zero attached hydrogens (tertiary/aromatic N) is 1. The minimum absolute atomic E-state index is 0.119. The second-order valence-electron chi connectivity index (χ2n) is 4.17. The molecule has 0 atom stereocenters. The van der Waals surface area contributed by atoms with Crippen LogP contribution < -0.4 is 4.74 Å². The van der Waals surface area contributed by atoms with Gasteiger partial charge in [0.05, 0.1) is 13.5 Å². The van der Waals surface area contributed by atoms with E-state index in [4.69, 9.17) is 9.84 Å². The summed E-state index contributed by atoms with van der Waals surface area (Å²) < 4.78 is 18.3. The number of carbonyl (C=O) groups is 1. The standard InChI is InChI=1S/C13H18FNO3/c1-15(8-6-13(16)17)7-5-10-3-4-12(18-2)11(14)9-10/h3-4,9H,5-8H2,1-2H3,(H,16,17). The summed E-state index contributed by atoms with van der Waals surface area (Å²) in [5.41, 5.74) is 0.871. The average molecular weight is 255 g/mol. The summed E-state index contributed by atoms with van der Waals surface area (Å²) in [6.45, 7) is 1.19. The number of carboxylic acid groups (broad SMARTS) is 1. The number of hydrogen-bond acceptors (Lipinski definition) is 3. The Morgan fingerprint density at radius 2 is 2.17 bits per heavy atom. The number of rotatable bonds is 7. The van der Waals surface area contributed by atoms with Crippen molar-refractivity contribution in [2.45, 2.75) is 12.8 Å². The Morgan fingerprint density at radius 3 is 2.72 bits per heavy atom. The lowest BCUT2D eigenvalue weighted by Gasteiger charge is -2.15. The maximum atomic E-state index is 13.4. The van der Waals surface area contributed by atoms with Gasteiger partial charge in [-0.1, -0.05) is 6.07 Å². The maximum absolute atomic E-state index is 13.4. The minimum atomic E-state index is -0.808. The number of likely N-dealkylation sites (N-methyl/N-ethyl adjacent to an activating group) is 1.